The van der Waals surface area contributed by atoms with Crippen LogP contribution < -0.4 is 0 Å². The summed E-state index contributed by atoms with van der Waals surface area (Å²) < 4.78 is 0. The van der Waals surface area contributed by atoms with Crippen molar-refractivity contribution in [2.75, 3.05) is 7.05 Å². The molecule has 0 aromatic carbocycles. The van der Waals surface area contributed by atoms with Gasteiger partial charge in [-0.05, 0) is 0 Å². The van der Waals surface area contributed by atoms with E-state index in [0.29, 0.717) is 0 Å². The number of nitrogens with one attached hydrogen (secondary N) is 1. The van der Waals surface area contributed by atoms with Gasteiger partial charge in [0.25, 0.3) is 0 Å². The quantitative estimate of drug-likeness (QED) is 0.481. The molecule has 25 valence electrons. The summed E-state index contributed by atoms with van der Waals surface area (Å²) in [7, 11) is 1.25. The van der Waals surface area contributed by atoms with E-state index in [4.69, 9.17) is 5.73 Å². The molecule has 0 spiro atoms. The van der Waals surface area contributed by atoms with E-state index in [0.717, 1.165) is 0 Å². The Morgan fingerprint density at radius 3 is 1.25 bits per heavy atom. The van der Waals surface area contributed by atoms with Crippen molar-refractivity contribution in [2.24, 2.45) is 0 Å². The fourth-order valence-corrected chi connectivity index (χ4v) is 0. The van der Waals surface area contributed by atoms with Gasteiger partial charge in [-0.1, -0.05) is 0 Å². The van der Waals surface area contributed by atoms with Crippen molar-refractivity contribution in [1.29, 1.82) is 0 Å². The summed E-state index contributed by atoms with van der Waals surface area (Å²) in [5.41, 5.74) is 5.75. The first-order chi connectivity index (χ1) is 1.00. The maximum atomic E-state index is 5.75. The monoisotopic (exact) mass is 135 g/mol. The predicted octanol–water partition coefficient (Wildman–Crippen LogP) is 1.38. The molecule has 0 bridgehead atoms. The normalized spacial score (nSPS) is 1.50. The van der Waals surface area contributed by atoms with E-state index >= 15 is 0 Å². The van der Waals surface area contributed by atoms with Crippen molar-refractivity contribution >= 4 is 0 Å². The predicted molar refractivity (Wildman–Crippen MR) is 15.5 cm³/mol. The molecule has 3 heteroatoms. The molecule has 0 heterocycles. The molecule has 0 aromatic heterocycles. The Balaban J connectivity index is -0.00000000500. The first-order valence-electron chi connectivity index (χ1n) is 0.500. The Morgan fingerprint density at radius 2 is 1.25 bits per heavy atom. The summed E-state index contributed by atoms with van der Waals surface area (Å²) in [6, 6.07) is 0. The van der Waals surface area contributed by atoms with Crippen molar-refractivity contribution < 1.29 is 32.7 Å². The molecule has 0 unspecified atom stereocenters. The van der Waals surface area contributed by atoms with Gasteiger partial charge in [0.05, 0.1) is 0 Å². The fraction of sp³-hybridized carbons (Fsp3) is 1.00. The van der Waals surface area contributed by atoms with Crippen LogP contribution in [-0.2, 0) is 32.7 Å². The summed E-state index contributed by atoms with van der Waals surface area (Å²) in [6.07, 6.45) is 0. The average molecular weight is 135 g/mol. The van der Waals surface area contributed by atoms with E-state index in [9.17, 15) is 0 Å². The van der Waals surface area contributed by atoms with E-state index < -0.39 is 0 Å². The third kappa shape index (κ3) is 11.8. The van der Waals surface area contributed by atoms with Crippen molar-refractivity contribution in [1.82, 2.24) is 0 Å². The molecule has 4 heavy (non-hydrogen) atoms. The zero-order chi connectivity index (χ0) is 2.00. The number of hydrogen-bond acceptors (Lipinski definition) is 0. The molecule has 0 aliphatic heterocycles. The van der Waals surface area contributed by atoms with E-state index in [1.54, 1.807) is 0 Å². The van der Waals surface area contributed by atoms with Crippen molar-refractivity contribution in [3.8, 4) is 0 Å². The van der Waals surface area contributed by atoms with E-state index in [-0.39, 0.29) is 38.9 Å². The van der Waals surface area contributed by atoms with Gasteiger partial charge in [-0.3, -0.25) is 0 Å². The van der Waals surface area contributed by atoms with Gasteiger partial charge in [-0.25, -0.2) is 0 Å². The van der Waals surface area contributed by atoms with Gasteiger partial charge < -0.3 is 11.9 Å². The van der Waals surface area contributed by atoms with Crippen LogP contribution in [0.4, 0.5) is 0 Å². The smallest absolute Gasteiger partial charge is 0 e. The summed E-state index contributed by atoms with van der Waals surface area (Å²) in [5.74, 6) is 0. The minimum atomic E-state index is 0. The molecule has 0 saturated heterocycles. The largest absolute Gasteiger partial charge is 0.693 e. The molecule has 0 fully saturated rings. The number of nitrogens with two attached hydrogens (primary N) is 1. The van der Waals surface area contributed by atoms with Crippen LogP contribution in [0, 0.1) is 0 Å². The minimum absolute atomic E-state index is 0. The zero-order valence-corrected chi connectivity index (χ0v) is 5.49. The summed E-state index contributed by atoms with van der Waals surface area (Å²) >= 11 is 0. The van der Waals surface area contributed by atoms with Crippen molar-refractivity contribution in [3.63, 3.8) is 0 Å². The van der Waals surface area contributed by atoms with Gasteiger partial charge in [0.15, 0.2) is 0 Å². The standard InChI is InChI=1S/CH4N.H2N.Y/c1-2;;/h2H,1H3;1H2;/q2*-1;. The second-order valence-electron chi connectivity index (χ2n) is 0. The second-order valence-corrected chi connectivity index (χ2v) is 0. The first-order valence-corrected chi connectivity index (χ1v) is 0.500. The van der Waals surface area contributed by atoms with Crippen LogP contribution >= 0.6 is 0 Å². The third-order valence-corrected chi connectivity index (χ3v) is 0. The molecular weight excluding hydrogens is 129 g/mol. The minimum Gasteiger partial charge on any atom is -0.693 e. The molecule has 2 nitrogen and oxygen atoms in total. The number of rotatable bonds is 0. The van der Waals surface area contributed by atoms with Crippen LogP contribution in [0.25, 0.3) is 11.9 Å². The molecule has 1 radical (unpaired) electrons. The first kappa shape index (κ1) is 19.9. The van der Waals surface area contributed by atoms with Gasteiger partial charge in [-0.2, -0.15) is 7.05 Å². The van der Waals surface area contributed by atoms with Crippen LogP contribution in [0.2, 0.25) is 0 Å². The Bertz CT molecular complexity index is 6.00. The van der Waals surface area contributed by atoms with Crippen molar-refractivity contribution in [3.05, 3.63) is 11.9 Å². The molecule has 0 aliphatic rings. The average Bonchev–Trinajstić information content (AvgIpc) is 1.00. The van der Waals surface area contributed by atoms with Crippen LogP contribution in [0.5, 0.6) is 0 Å². The Morgan fingerprint density at radius 1 is 1.25 bits per heavy atom. The second kappa shape index (κ2) is 35.1. The third-order valence-electron chi connectivity index (χ3n) is 0. The van der Waals surface area contributed by atoms with E-state index in [2.05, 4.69) is 0 Å². The Hall–Kier alpha value is 1.02. The SMILES string of the molecule is C[NH-].[NH2-].[Y]. The number of hydrogen-bond donors (Lipinski definition) is 0. The van der Waals surface area contributed by atoms with Crippen LogP contribution in [0.3, 0.4) is 0 Å². The summed E-state index contributed by atoms with van der Waals surface area (Å²) in [5, 5.41) is 0. The van der Waals surface area contributed by atoms with Crippen molar-refractivity contribution in [2.45, 2.75) is 0 Å². The molecule has 0 aromatic rings. The van der Waals surface area contributed by atoms with Gasteiger partial charge >= 0.3 is 0 Å². The van der Waals surface area contributed by atoms with Gasteiger partial charge in [-0.15, -0.1) is 0 Å². The fourth-order valence-electron chi connectivity index (χ4n) is 0. The molecule has 0 amide bonds. The van der Waals surface area contributed by atoms with E-state index in [1.165, 1.54) is 7.05 Å². The summed E-state index contributed by atoms with van der Waals surface area (Å²) in [4.78, 5) is 0. The van der Waals surface area contributed by atoms with E-state index in [1.807, 2.05) is 0 Å². The van der Waals surface area contributed by atoms with Gasteiger partial charge in [0.1, 0.15) is 0 Å². The Kier molecular flexibility index (Phi) is 174. The zero-order valence-electron chi connectivity index (χ0n) is 2.65. The van der Waals surface area contributed by atoms with Crippen LogP contribution in [-0.4, -0.2) is 7.05 Å². The maximum absolute atomic E-state index is 5.75. The molecule has 0 aliphatic carbocycles. The van der Waals surface area contributed by atoms with Gasteiger partial charge in [0.2, 0.25) is 0 Å². The molecular formula is CH6N2Y-2. The summed E-state index contributed by atoms with van der Waals surface area (Å²) in [6.45, 7) is 0. The topological polar surface area (TPSA) is 57.3 Å². The Labute approximate surface area is 51.6 Å². The maximum Gasteiger partial charge on any atom is 0 e. The van der Waals surface area contributed by atoms with Crippen LogP contribution in [0.15, 0.2) is 0 Å². The molecule has 3 N–H and O–H groups in total. The molecule has 0 saturated carbocycles. The molecule has 0 rings (SSSR count). The van der Waals surface area contributed by atoms with Crippen LogP contribution in [0.1, 0.15) is 0 Å². The van der Waals surface area contributed by atoms with Gasteiger partial charge in [0, 0.05) is 32.7 Å². The molecule has 0 atom stereocenters.